The van der Waals surface area contributed by atoms with Crippen molar-refractivity contribution < 1.29 is 40.7 Å². The molecule has 0 spiro atoms. The first kappa shape index (κ1) is 23.8. The number of rotatable bonds is 6. The third-order valence-electron chi connectivity index (χ3n) is 4.16. The fourth-order valence-corrected chi connectivity index (χ4v) is 5.54. The molecule has 1 aromatic carbocycles. The number of carbonyl (C=O) groups excluding carboxylic acids is 2. The summed E-state index contributed by atoms with van der Waals surface area (Å²) in [6.45, 7) is 0. The fraction of sp³-hybridized carbons (Fsp3) is 0.158. The average molecular weight is 506 g/mol. The van der Waals surface area contributed by atoms with Gasteiger partial charge in [0.2, 0.25) is 0 Å². The highest BCUT2D eigenvalue weighted by atomic mass is 32.2. The molecule has 2 heterocycles. The molecule has 170 valence electrons. The third kappa shape index (κ3) is 4.79. The van der Waals surface area contributed by atoms with Crippen LogP contribution in [0.15, 0.2) is 46.0 Å². The molecule has 0 amide bonds. The fourth-order valence-electron chi connectivity index (χ4n) is 2.68. The van der Waals surface area contributed by atoms with Crippen molar-refractivity contribution in [2.75, 3.05) is 18.9 Å². The van der Waals surface area contributed by atoms with E-state index in [2.05, 4.69) is 14.2 Å². The Labute approximate surface area is 188 Å². The molecular weight excluding hydrogens is 491 g/mol. The maximum absolute atomic E-state index is 13.4. The minimum absolute atomic E-state index is 0.0193. The van der Waals surface area contributed by atoms with Gasteiger partial charge in [-0.25, -0.2) is 18.0 Å². The van der Waals surface area contributed by atoms with E-state index in [1.165, 1.54) is 22.9 Å². The maximum Gasteiger partial charge on any atom is 0.426 e. The average Bonchev–Trinajstić information content (AvgIpc) is 3.39. The number of carbonyl (C=O) groups is 2. The lowest BCUT2D eigenvalue weighted by atomic mass is 10.1. The largest absolute Gasteiger partial charge is 0.465 e. The summed E-state index contributed by atoms with van der Waals surface area (Å²) in [4.78, 5) is 21.9. The van der Waals surface area contributed by atoms with Gasteiger partial charge in [0.05, 0.1) is 30.4 Å². The minimum atomic E-state index is -4.72. The van der Waals surface area contributed by atoms with Crippen LogP contribution in [0.2, 0.25) is 0 Å². The first-order chi connectivity index (χ1) is 15.0. The Hall–Kier alpha value is -2.90. The summed E-state index contributed by atoms with van der Waals surface area (Å²) >= 11 is 1.33. The van der Waals surface area contributed by atoms with Crippen LogP contribution >= 0.6 is 22.7 Å². The van der Waals surface area contributed by atoms with Crippen LogP contribution in [0.5, 0.6) is 0 Å². The van der Waals surface area contributed by atoms with Crippen molar-refractivity contribution in [1.82, 2.24) is 0 Å². The van der Waals surface area contributed by atoms with Crippen LogP contribution < -0.4 is 4.72 Å². The molecule has 0 aliphatic rings. The minimum Gasteiger partial charge on any atom is -0.465 e. The van der Waals surface area contributed by atoms with Gasteiger partial charge < -0.3 is 9.47 Å². The molecule has 0 radical (unpaired) electrons. The lowest BCUT2D eigenvalue weighted by molar-refractivity contribution is -0.133. The first-order valence-electron chi connectivity index (χ1n) is 8.55. The second-order valence-corrected chi connectivity index (χ2v) is 9.64. The lowest BCUT2D eigenvalue weighted by Crippen LogP contribution is -2.15. The van der Waals surface area contributed by atoms with E-state index < -0.39 is 33.0 Å². The van der Waals surface area contributed by atoms with Crippen LogP contribution in [0.1, 0.15) is 24.9 Å². The van der Waals surface area contributed by atoms with Crippen molar-refractivity contribution >= 4 is 50.3 Å². The van der Waals surface area contributed by atoms with E-state index in [4.69, 9.17) is 0 Å². The summed E-state index contributed by atoms with van der Waals surface area (Å²) < 4.78 is 77.0. The van der Waals surface area contributed by atoms with E-state index in [1.807, 2.05) is 0 Å². The number of nitrogens with one attached hydrogen (secondary N) is 1. The van der Waals surface area contributed by atoms with E-state index in [9.17, 15) is 31.2 Å². The zero-order valence-electron chi connectivity index (χ0n) is 16.3. The van der Waals surface area contributed by atoms with Crippen molar-refractivity contribution in [3.05, 3.63) is 56.4 Å². The summed E-state index contributed by atoms with van der Waals surface area (Å²) in [5.74, 6) is -1.63. The molecule has 0 fully saturated rings. The number of benzene rings is 1. The van der Waals surface area contributed by atoms with Crippen molar-refractivity contribution in [3.63, 3.8) is 0 Å². The zero-order valence-corrected chi connectivity index (χ0v) is 18.8. The molecule has 2 aromatic heterocycles. The van der Waals surface area contributed by atoms with E-state index in [0.29, 0.717) is 0 Å². The lowest BCUT2D eigenvalue weighted by Gasteiger charge is -2.10. The molecule has 0 aliphatic carbocycles. The molecule has 0 bridgehead atoms. The van der Waals surface area contributed by atoms with Gasteiger partial charge in [-0.2, -0.15) is 13.2 Å². The quantitative estimate of drug-likeness (QED) is 0.480. The van der Waals surface area contributed by atoms with Gasteiger partial charge in [0.25, 0.3) is 10.0 Å². The van der Waals surface area contributed by atoms with Gasteiger partial charge in [-0.1, -0.05) is 12.1 Å². The summed E-state index contributed by atoms with van der Waals surface area (Å²) in [5, 5.41) is 2.83. The summed E-state index contributed by atoms with van der Waals surface area (Å²) in [5.41, 5.74) is -0.161. The van der Waals surface area contributed by atoms with E-state index in [0.717, 1.165) is 43.8 Å². The normalized spacial score (nSPS) is 11.8. The molecule has 0 saturated carbocycles. The van der Waals surface area contributed by atoms with Crippen molar-refractivity contribution in [3.8, 4) is 11.1 Å². The Bertz CT molecular complexity index is 1260. The highest BCUT2D eigenvalue weighted by Gasteiger charge is 2.37. The third-order valence-corrected chi connectivity index (χ3v) is 7.45. The highest BCUT2D eigenvalue weighted by Crippen LogP contribution is 2.43. The Morgan fingerprint density at radius 2 is 1.62 bits per heavy atom. The number of esters is 2. The number of hydrogen-bond acceptors (Lipinski definition) is 8. The molecule has 3 rings (SSSR count). The molecule has 0 saturated heterocycles. The van der Waals surface area contributed by atoms with Crippen molar-refractivity contribution in [1.29, 1.82) is 0 Å². The molecule has 13 heteroatoms. The van der Waals surface area contributed by atoms with Crippen LogP contribution in [0.3, 0.4) is 0 Å². The number of halogens is 3. The smallest absolute Gasteiger partial charge is 0.426 e. The topological polar surface area (TPSA) is 98.8 Å². The van der Waals surface area contributed by atoms with Crippen LogP contribution in [-0.2, 0) is 25.7 Å². The number of anilines is 1. The Morgan fingerprint density at radius 3 is 2.19 bits per heavy atom. The molecule has 3 aromatic rings. The zero-order chi connectivity index (χ0) is 23.7. The number of alkyl halides is 3. The van der Waals surface area contributed by atoms with E-state index in [1.54, 1.807) is 0 Å². The number of thiophene rings is 2. The molecule has 0 atom stereocenters. The van der Waals surface area contributed by atoms with Gasteiger partial charge >= 0.3 is 18.1 Å². The van der Waals surface area contributed by atoms with Gasteiger partial charge in [0.15, 0.2) is 0 Å². The van der Waals surface area contributed by atoms with Crippen molar-refractivity contribution in [2.24, 2.45) is 0 Å². The second-order valence-electron chi connectivity index (χ2n) is 6.16. The number of ether oxygens (including phenoxy) is 2. The summed E-state index contributed by atoms with van der Waals surface area (Å²) in [7, 11) is -1.93. The summed E-state index contributed by atoms with van der Waals surface area (Å²) in [6.07, 6.45) is -4.72. The first-order valence-corrected chi connectivity index (χ1v) is 11.8. The Balaban J connectivity index is 1.95. The van der Waals surface area contributed by atoms with Gasteiger partial charge in [0.1, 0.15) is 9.75 Å². The highest BCUT2D eigenvalue weighted by molar-refractivity contribution is 7.92. The number of hydrogen-bond donors (Lipinski definition) is 1. The van der Waals surface area contributed by atoms with Crippen LogP contribution in [0.4, 0.5) is 18.9 Å². The molecule has 0 aliphatic heterocycles. The number of methoxy groups -OCH3 is 2. The predicted octanol–water partition coefficient (Wildman–Crippen LogP) is 4.87. The molecule has 32 heavy (non-hydrogen) atoms. The maximum atomic E-state index is 13.4. The van der Waals surface area contributed by atoms with E-state index in [-0.39, 0.29) is 43.5 Å². The molecular formula is C19H14F3NO6S3. The molecule has 1 N–H and O–H groups in total. The monoisotopic (exact) mass is 505 g/mol. The number of sulfonamides is 1. The summed E-state index contributed by atoms with van der Waals surface area (Å²) in [6, 6.07) is 5.69. The van der Waals surface area contributed by atoms with Crippen molar-refractivity contribution in [2.45, 2.75) is 11.1 Å². The van der Waals surface area contributed by atoms with Crippen LogP contribution in [-0.4, -0.2) is 34.6 Å². The standard InChI is InChI=1S/C19H14F3NO6S3/c1-28-17(24)13-8-30-9-14(13)23-32(26,27)11-5-3-10(4-6-11)12-7-15(18(25)29-2)31-16(12)19(20,21)22/h3-9,23H,1-2H3. The van der Waals surface area contributed by atoms with Crippen LogP contribution in [0, 0.1) is 0 Å². The van der Waals surface area contributed by atoms with Gasteiger partial charge in [-0.05, 0) is 23.8 Å². The van der Waals surface area contributed by atoms with Gasteiger partial charge in [-0.3, -0.25) is 4.72 Å². The molecule has 0 unspecified atom stereocenters. The van der Waals surface area contributed by atoms with E-state index >= 15 is 0 Å². The van der Waals surface area contributed by atoms with Gasteiger partial charge in [-0.15, -0.1) is 22.7 Å². The second kappa shape index (κ2) is 8.92. The Morgan fingerprint density at radius 1 is 1.00 bits per heavy atom. The Kier molecular flexibility index (Phi) is 6.62. The predicted molar refractivity (Wildman–Crippen MR) is 113 cm³/mol. The van der Waals surface area contributed by atoms with Gasteiger partial charge in [0, 0.05) is 16.3 Å². The SMILES string of the molecule is COC(=O)c1cc(-c2ccc(S(=O)(=O)Nc3cscc3C(=O)OC)cc2)c(C(F)(F)F)s1. The molecule has 7 nitrogen and oxygen atoms in total. The van der Waals surface area contributed by atoms with Crippen LogP contribution in [0.25, 0.3) is 11.1 Å².